The SMILES string of the molecule is CN(C)c1ccc2nccc(N[C@H]3CC[C@H](NC4CCC5(CC4)OCC(C)(C)OO5)CC3)c2c1. The van der Waals surface area contributed by atoms with E-state index < -0.39 is 5.79 Å². The molecule has 2 heterocycles. The van der Waals surface area contributed by atoms with Crippen LogP contribution >= 0.6 is 0 Å². The van der Waals surface area contributed by atoms with E-state index in [4.69, 9.17) is 14.5 Å². The number of ether oxygens (including phenoxy) is 1. The maximum atomic E-state index is 6.09. The number of rotatable bonds is 5. The van der Waals surface area contributed by atoms with Crippen LogP contribution in [-0.2, 0) is 14.5 Å². The van der Waals surface area contributed by atoms with Crippen molar-refractivity contribution >= 4 is 22.3 Å². The van der Waals surface area contributed by atoms with Crippen LogP contribution in [-0.4, -0.2) is 55.2 Å². The summed E-state index contributed by atoms with van der Waals surface area (Å²) >= 11 is 0. The minimum atomic E-state index is -0.533. The average Bonchev–Trinajstić information content (AvgIpc) is 2.84. The molecule has 2 N–H and O–H groups in total. The molecule has 1 aliphatic heterocycles. The van der Waals surface area contributed by atoms with Crippen molar-refractivity contribution in [3.8, 4) is 0 Å². The number of nitrogens with one attached hydrogen (secondary N) is 2. The Bertz CT molecular complexity index is 967. The van der Waals surface area contributed by atoms with E-state index in [9.17, 15) is 0 Å². The zero-order valence-corrected chi connectivity index (χ0v) is 21.1. The molecule has 2 aromatic rings. The summed E-state index contributed by atoms with van der Waals surface area (Å²) < 4.78 is 6.09. The van der Waals surface area contributed by atoms with Crippen molar-refractivity contribution in [2.45, 2.75) is 94.7 Å². The number of hydrogen-bond donors (Lipinski definition) is 2. The lowest BCUT2D eigenvalue weighted by Gasteiger charge is -2.45. The molecule has 5 rings (SSSR count). The van der Waals surface area contributed by atoms with Crippen molar-refractivity contribution in [2.75, 3.05) is 30.9 Å². The molecule has 7 nitrogen and oxygen atoms in total. The van der Waals surface area contributed by atoms with Gasteiger partial charge in [-0.1, -0.05) is 0 Å². The van der Waals surface area contributed by atoms with Gasteiger partial charge in [0.25, 0.3) is 0 Å². The Morgan fingerprint density at radius 1 is 0.912 bits per heavy atom. The fraction of sp³-hybridized carbons (Fsp3) is 0.667. The summed E-state index contributed by atoms with van der Waals surface area (Å²) in [5, 5.41) is 8.96. The third-order valence-corrected chi connectivity index (χ3v) is 7.65. The maximum absolute atomic E-state index is 6.09. The Morgan fingerprint density at radius 3 is 2.29 bits per heavy atom. The van der Waals surface area contributed by atoms with Gasteiger partial charge in [0, 0.05) is 68.0 Å². The first-order chi connectivity index (χ1) is 16.3. The molecule has 1 aromatic heterocycles. The van der Waals surface area contributed by atoms with Gasteiger partial charge in [-0.3, -0.25) is 4.98 Å². The third kappa shape index (κ3) is 5.33. The van der Waals surface area contributed by atoms with Gasteiger partial charge in [0.05, 0.1) is 12.1 Å². The van der Waals surface area contributed by atoms with Crippen molar-refractivity contribution in [2.24, 2.45) is 0 Å². The van der Waals surface area contributed by atoms with Gasteiger partial charge in [0.15, 0.2) is 0 Å². The molecule has 1 saturated heterocycles. The Balaban J connectivity index is 1.11. The summed E-state index contributed by atoms with van der Waals surface area (Å²) in [5.74, 6) is -0.533. The summed E-state index contributed by atoms with van der Waals surface area (Å²) in [6.45, 7) is 4.58. The van der Waals surface area contributed by atoms with Crippen LogP contribution in [0.5, 0.6) is 0 Å². The highest BCUT2D eigenvalue weighted by Crippen LogP contribution is 2.38. The van der Waals surface area contributed by atoms with Crippen LogP contribution in [0.25, 0.3) is 10.9 Å². The quantitative estimate of drug-likeness (QED) is 0.598. The molecular formula is C27H40N4O3. The van der Waals surface area contributed by atoms with E-state index in [2.05, 4.69) is 58.9 Å². The topological polar surface area (TPSA) is 67.9 Å². The van der Waals surface area contributed by atoms with Gasteiger partial charge in [-0.2, -0.15) is 0 Å². The molecule has 1 aromatic carbocycles. The molecule has 0 bridgehead atoms. The molecule has 3 aliphatic rings. The summed E-state index contributed by atoms with van der Waals surface area (Å²) in [7, 11) is 4.16. The predicted octanol–water partition coefficient (Wildman–Crippen LogP) is 5.01. The molecule has 0 unspecified atom stereocenters. The van der Waals surface area contributed by atoms with Crippen molar-refractivity contribution in [1.82, 2.24) is 10.3 Å². The second-order valence-electron chi connectivity index (χ2n) is 11.2. The number of aromatic nitrogens is 1. The molecule has 3 fully saturated rings. The van der Waals surface area contributed by atoms with Crippen LogP contribution < -0.4 is 15.5 Å². The van der Waals surface area contributed by atoms with Crippen LogP contribution in [0.1, 0.15) is 65.2 Å². The first-order valence-corrected chi connectivity index (χ1v) is 12.9. The third-order valence-electron chi connectivity index (χ3n) is 7.65. The molecule has 186 valence electrons. The van der Waals surface area contributed by atoms with Gasteiger partial charge < -0.3 is 20.3 Å². The van der Waals surface area contributed by atoms with E-state index >= 15 is 0 Å². The summed E-state index contributed by atoms with van der Waals surface area (Å²) in [4.78, 5) is 18.0. The Kier molecular flexibility index (Phi) is 6.73. The lowest BCUT2D eigenvalue weighted by atomic mass is 9.86. The number of hydrogen-bond acceptors (Lipinski definition) is 7. The zero-order valence-electron chi connectivity index (χ0n) is 21.1. The van der Waals surface area contributed by atoms with E-state index in [0.717, 1.165) is 31.2 Å². The Hall–Kier alpha value is -1.93. The number of nitrogens with zero attached hydrogens (tertiary/aromatic N) is 2. The Labute approximate surface area is 203 Å². The standard InChI is InChI=1S/C27H40N4O3/c1-26(2)18-32-27(34-33-26)14-11-21(12-15-27)29-19-5-7-20(8-6-19)30-25-13-16-28-24-10-9-22(31(3)4)17-23(24)25/h9-10,13,16-17,19-21,29H,5-8,11-12,14-15,18H2,1-4H3,(H,28,30)/t19-,20-,21?,27?. The first kappa shape index (κ1) is 23.8. The molecule has 2 aliphatic carbocycles. The largest absolute Gasteiger partial charge is 0.382 e. The molecule has 34 heavy (non-hydrogen) atoms. The number of benzene rings is 1. The summed E-state index contributed by atoms with van der Waals surface area (Å²) in [5.41, 5.74) is 3.08. The molecule has 2 saturated carbocycles. The monoisotopic (exact) mass is 468 g/mol. The fourth-order valence-corrected chi connectivity index (χ4v) is 5.49. The number of fused-ring (bicyclic) bond motifs is 1. The molecule has 1 spiro atoms. The van der Waals surface area contributed by atoms with Crippen LogP contribution in [0.2, 0.25) is 0 Å². The fourth-order valence-electron chi connectivity index (χ4n) is 5.49. The minimum Gasteiger partial charge on any atom is -0.382 e. The van der Waals surface area contributed by atoms with Crippen LogP contribution in [0, 0.1) is 0 Å². The van der Waals surface area contributed by atoms with Crippen molar-refractivity contribution in [3.05, 3.63) is 30.5 Å². The van der Waals surface area contributed by atoms with Crippen LogP contribution in [0.4, 0.5) is 11.4 Å². The van der Waals surface area contributed by atoms with Crippen LogP contribution in [0.15, 0.2) is 30.5 Å². The number of pyridine rings is 1. The van der Waals surface area contributed by atoms with Crippen molar-refractivity contribution < 1.29 is 14.5 Å². The first-order valence-electron chi connectivity index (χ1n) is 12.9. The highest BCUT2D eigenvalue weighted by molar-refractivity contribution is 5.93. The minimum absolute atomic E-state index is 0.357. The smallest absolute Gasteiger partial charge is 0.201 e. The van der Waals surface area contributed by atoms with E-state index in [0.29, 0.717) is 24.7 Å². The van der Waals surface area contributed by atoms with E-state index in [-0.39, 0.29) is 5.60 Å². The van der Waals surface area contributed by atoms with Gasteiger partial charge in [-0.15, -0.1) is 0 Å². The van der Waals surface area contributed by atoms with Gasteiger partial charge in [-0.25, -0.2) is 9.78 Å². The molecule has 0 atom stereocenters. The second kappa shape index (κ2) is 9.61. The van der Waals surface area contributed by atoms with Gasteiger partial charge in [0.1, 0.15) is 5.60 Å². The summed E-state index contributed by atoms with van der Waals surface area (Å²) in [6.07, 6.45) is 10.6. The van der Waals surface area contributed by atoms with E-state index in [1.165, 1.54) is 42.4 Å². The molecule has 0 amide bonds. The lowest BCUT2D eigenvalue weighted by molar-refractivity contribution is -0.511. The normalized spacial score (nSPS) is 31.5. The van der Waals surface area contributed by atoms with Crippen molar-refractivity contribution in [1.29, 1.82) is 0 Å². The predicted molar refractivity (Wildman–Crippen MR) is 136 cm³/mol. The molecule has 0 radical (unpaired) electrons. The summed E-state index contributed by atoms with van der Waals surface area (Å²) in [6, 6.07) is 10.2. The van der Waals surface area contributed by atoms with Crippen molar-refractivity contribution in [3.63, 3.8) is 0 Å². The zero-order chi connectivity index (χ0) is 23.8. The lowest BCUT2D eigenvalue weighted by Crippen LogP contribution is -2.53. The highest BCUT2D eigenvalue weighted by Gasteiger charge is 2.45. The van der Waals surface area contributed by atoms with Gasteiger partial charge in [0.2, 0.25) is 5.79 Å². The Morgan fingerprint density at radius 2 is 1.62 bits per heavy atom. The number of anilines is 2. The second-order valence-corrected chi connectivity index (χ2v) is 11.2. The van der Waals surface area contributed by atoms with Gasteiger partial charge in [-0.05, 0) is 76.6 Å². The van der Waals surface area contributed by atoms with Crippen LogP contribution in [0.3, 0.4) is 0 Å². The highest BCUT2D eigenvalue weighted by atomic mass is 17.2. The molecular weight excluding hydrogens is 428 g/mol. The maximum Gasteiger partial charge on any atom is 0.201 e. The van der Waals surface area contributed by atoms with Gasteiger partial charge >= 0.3 is 0 Å². The van der Waals surface area contributed by atoms with E-state index in [1.54, 1.807) is 0 Å². The molecule has 7 heteroatoms. The average molecular weight is 469 g/mol. The van der Waals surface area contributed by atoms with E-state index in [1.807, 2.05) is 20.0 Å².